The van der Waals surface area contributed by atoms with Crippen LogP contribution in [0.2, 0.25) is 0 Å². The van der Waals surface area contributed by atoms with Crippen LogP contribution >= 0.6 is 0 Å². The molecule has 0 saturated carbocycles. The average molecular weight is 323 g/mol. The molecule has 0 aliphatic carbocycles. The van der Waals surface area contributed by atoms with Gasteiger partial charge in [0, 0.05) is 19.2 Å². The molecule has 1 saturated heterocycles. The number of rotatable bonds is 8. The highest BCUT2D eigenvalue weighted by Gasteiger charge is 2.31. The molecule has 1 aromatic carbocycles. The van der Waals surface area contributed by atoms with Gasteiger partial charge in [-0.1, -0.05) is 12.1 Å². The van der Waals surface area contributed by atoms with Crippen LogP contribution in [-0.4, -0.2) is 49.3 Å². The second kappa shape index (κ2) is 8.99. The standard InChI is InChI=1S/C18H26FNO3/c1-3-22-10-11-23-14(2)18(21)20-9-5-8-17(20)13-15-6-4-7-16(19)12-15/h4,6-7,12,14,17H,3,5,8-11,13H2,1-2H3/t14-,17-/m0/s1. The molecule has 2 rings (SSSR count). The maximum Gasteiger partial charge on any atom is 0.251 e. The summed E-state index contributed by atoms with van der Waals surface area (Å²) in [5.41, 5.74) is 0.930. The number of nitrogens with zero attached hydrogens (tertiary/aromatic N) is 1. The van der Waals surface area contributed by atoms with Crippen molar-refractivity contribution in [3.8, 4) is 0 Å². The molecular weight excluding hydrogens is 297 g/mol. The third-order valence-corrected chi connectivity index (χ3v) is 4.17. The van der Waals surface area contributed by atoms with Gasteiger partial charge in [0.1, 0.15) is 11.9 Å². The summed E-state index contributed by atoms with van der Waals surface area (Å²) in [6, 6.07) is 6.73. The van der Waals surface area contributed by atoms with E-state index in [9.17, 15) is 9.18 Å². The van der Waals surface area contributed by atoms with Gasteiger partial charge in [0.2, 0.25) is 0 Å². The molecule has 128 valence electrons. The number of carbonyl (C=O) groups excluding carboxylic acids is 1. The number of hydrogen-bond donors (Lipinski definition) is 0. The first-order valence-corrected chi connectivity index (χ1v) is 8.36. The van der Waals surface area contributed by atoms with E-state index in [4.69, 9.17) is 9.47 Å². The molecule has 1 aliphatic rings. The van der Waals surface area contributed by atoms with Gasteiger partial charge >= 0.3 is 0 Å². The van der Waals surface area contributed by atoms with Crippen LogP contribution in [0.1, 0.15) is 32.3 Å². The predicted octanol–water partition coefficient (Wildman–Crippen LogP) is 2.80. The zero-order chi connectivity index (χ0) is 16.7. The van der Waals surface area contributed by atoms with Crippen molar-refractivity contribution >= 4 is 5.91 Å². The lowest BCUT2D eigenvalue weighted by molar-refractivity contribution is -0.144. The lowest BCUT2D eigenvalue weighted by Crippen LogP contribution is -2.43. The highest BCUT2D eigenvalue weighted by molar-refractivity contribution is 5.81. The Morgan fingerprint density at radius 3 is 3.00 bits per heavy atom. The normalized spacial score (nSPS) is 19.1. The fourth-order valence-corrected chi connectivity index (χ4v) is 3.01. The molecule has 0 unspecified atom stereocenters. The van der Waals surface area contributed by atoms with Crippen LogP contribution in [0.3, 0.4) is 0 Å². The second-order valence-corrected chi connectivity index (χ2v) is 5.87. The Balaban J connectivity index is 1.88. The summed E-state index contributed by atoms with van der Waals surface area (Å²) in [4.78, 5) is 14.4. The quantitative estimate of drug-likeness (QED) is 0.691. The van der Waals surface area contributed by atoms with Crippen molar-refractivity contribution in [1.82, 2.24) is 4.90 Å². The number of hydrogen-bond acceptors (Lipinski definition) is 3. The van der Waals surface area contributed by atoms with Crippen molar-refractivity contribution in [3.63, 3.8) is 0 Å². The Kier molecular flexibility index (Phi) is 6.99. The summed E-state index contributed by atoms with van der Waals surface area (Å²) in [6.07, 6.45) is 2.16. The van der Waals surface area contributed by atoms with Crippen LogP contribution < -0.4 is 0 Å². The molecule has 1 aromatic rings. The van der Waals surface area contributed by atoms with Gasteiger partial charge in [-0.3, -0.25) is 4.79 Å². The van der Waals surface area contributed by atoms with Gasteiger partial charge in [-0.15, -0.1) is 0 Å². The average Bonchev–Trinajstić information content (AvgIpc) is 2.98. The van der Waals surface area contributed by atoms with E-state index in [1.54, 1.807) is 19.1 Å². The number of likely N-dealkylation sites (tertiary alicyclic amines) is 1. The van der Waals surface area contributed by atoms with Crippen LogP contribution in [-0.2, 0) is 20.7 Å². The summed E-state index contributed by atoms with van der Waals surface area (Å²) in [5, 5.41) is 0. The number of carbonyl (C=O) groups is 1. The SMILES string of the molecule is CCOCCO[C@@H](C)C(=O)N1CCC[C@H]1Cc1cccc(F)c1. The second-order valence-electron chi connectivity index (χ2n) is 5.87. The van der Waals surface area contributed by atoms with E-state index >= 15 is 0 Å². The van der Waals surface area contributed by atoms with E-state index in [0.717, 1.165) is 24.9 Å². The fourth-order valence-electron chi connectivity index (χ4n) is 3.01. The predicted molar refractivity (Wildman–Crippen MR) is 86.7 cm³/mol. The molecule has 5 heteroatoms. The molecule has 23 heavy (non-hydrogen) atoms. The molecule has 0 spiro atoms. The first kappa shape index (κ1) is 17.9. The minimum atomic E-state index is -0.469. The number of ether oxygens (including phenoxy) is 2. The maximum absolute atomic E-state index is 13.3. The van der Waals surface area contributed by atoms with Crippen molar-refractivity contribution in [1.29, 1.82) is 0 Å². The Labute approximate surface area is 137 Å². The van der Waals surface area contributed by atoms with Gasteiger partial charge in [-0.2, -0.15) is 0 Å². The Hall–Kier alpha value is -1.46. The van der Waals surface area contributed by atoms with E-state index in [2.05, 4.69) is 0 Å². The topological polar surface area (TPSA) is 38.8 Å². The van der Waals surface area contributed by atoms with Crippen LogP contribution in [0, 0.1) is 5.82 Å². The monoisotopic (exact) mass is 323 g/mol. The number of halogens is 1. The van der Waals surface area contributed by atoms with Crippen LogP contribution in [0.5, 0.6) is 0 Å². The van der Waals surface area contributed by atoms with Gasteiger partial charge < -0.3 is 14.4 Å². The Morgan fingerprint density at radius 1 is 1.43 bits per heavy atom. The van der Waals surface area contributed by atoms with Gasteiger partial charge in [-0.25, -0.2) is 4.39 Å². The van der Waals surface area contributed by atoms with E-state index in [0.29, 0.717) is 26.2 Å². The molecule has 1 amide bonds. The molecule has 4 nitrogen and oxygen atoms in total. The van der Waals surface area contributed by atoms with Gasteiger partial charge in [0.05, 0.1) is 13.2 Å². The third kappa shape index (κ3) is 5.29. The van der Waals surface area contributed by atoms with Crippen LogP contribution in [0.15, 0.2) is 24.3 Å². The number of amides is 1. The van der Waals surface area contributed by atoms with E-state index < -0.39 is 6.10 Å². The first-order chi connectivity index (χ1) is 11.1. The largest absolute Gasteiger partial charge is 0.379 e. The molecule has 0 bridgehead atoms. The lowest BCUT2D eigenvalue weighted by Gasteiger charge is -2.27. The van der Waals surface area contributed by atoms with Crippen molar-refractivity contribution in [2.75, 3.05) is 26.4 Å². The molecule has 0 radical (unpaired) electrons. The van der Waals surface area contributed by atoms with Crippen molar-refractivity contribution in [3.05, 3.63) is 35.6 Å². The zero-order valence-corrected chi connectivity index (χ0v) is 14.0. The minimum absolute atomic E-state index is 0.0143. The molecule has 1 aliphatic heterocycles. The van der Waals surface area contributed by atoms with Crippen molar-refractivity contribution in [2.45, 2.75) is 45.3 Å². The molecule has 2 atom stereocenters. The van der Waals surface area contributed by atoms with E-state index in [1.807, 2.05) is 17.9 Å². The van der Waals surface area contributed by atoms with Gasteiger partial charge in [0.15, 0.2) is 0 Å². The minimum Gasteiger partial charge on any atom is -0.379 e. The van der Waals surface area contributed by atoms with Crippen molar-refractivity contribution in [2.24, 2.45) is 0 Å². The summed E-state index contributed by atoms with van der Waals surface area (Å²) in [6.45, 7) is 6.02. The summed E-state index contributed by atoms with van der Waals surface area (Å²) in [5.74, 6) is -0.216. The highest BCUT2D eigenvalue weighted by Crippen LogP contribution is 2.22. The lowest BCUT2D eigenvalue weighted by atomic mass is 10.0. The van der Waals surface area contributed by atoms with E-state index in [-0.39, 0.29) is 17.8 Å². The fraction of sp³-hybridized carbons (Fsp3) is 0.611. The van der Waals surface area contributed by atoms with Crippen LogP contribution in [0.4, 0.5) is 4.39 Å². The zero-order valence-electron chi connectivity index (χ0n) is 14.0. The third-order valence-electron chi connectivity index (χ3n) is 4.17. The Morgan fingerprint density at radius 2 is 2.26 bits per heavy atom. The maximum atomic E-state index is 13.3. The molecule has 1 heterocycles. The molecule has 1 fully saturated rings. The molecule has 0 aromatic heterocycles. The van der Waals surface area contributed by atoms with E-state index in [1.165, 1.54) is 6.07 Å². The first-order valence-electron chi connectivity index (χ1n) is 8.36. The summed E-state index contributed by atoms with van der Waals surface area (Å²) in [7, 11) is 0. The van der Waals surface area contributed by atoms with Gasteiger partial charge in [-0.05, 0) is 50.8 Å². The smallest absolute Gasteiger partial charge is 0.251 e. The molecule has 0 N–H and O–H groups in total. The van der Waals surface area contributed by atoms with Crippen LogP contribution in [0.25, 0.3) is 0 Å². The highest BCUT2D eigenvalue weighted by atomic mass is 19.1. The summed E-state index contributed by atoms with van der Waals surface area (Å²) >= 11 is 0. The van der Waals surface area contributed by atoms with Gasteiger partial charge in [0.25, 0.3) is 5.91 Å². The summed E-state index contributed by atoms with van der Waals surface area (Å²) < 4.78 is 24.1. The number of benzene rings is 1. The Bertz CT molecular complexity index is 509. The van der Waals surface area contributed by atoms with Crippen molar-refractivity contribution < 1.29 is 18.7 Å². The molecular formula is C18H26FNO3.